The first-order valence-electron chi connectivity index (χ1n) is 14.8. The first kappa shape index (κ1) is 25.1. The molecule has 2 aliphatic heterocycles. The van der Waals surface area contributed by atoms with E-state index in [2.05, 4.69) is 30.0 Å². The number of benzene rings is 2. The lowest BCUT2D eigenvalue weighted by Gasteiger charge is -2.36. The summed E-state index contributed by atoms with van der Waals surface area (Å²) in [6.07, 6.45) is 12.9. The zero-order chi connectivity index (χ0) is 25.2. The van der Waals surface area contributed by atoms with Gasteiger partial charge in [-0.05, 0) is 124 Å². The second kappa shape index (κ2) is 10.9. The number of carbonyl (C=O) groups is 1. The highest BCUT2D eigenvalue weighted by molar-refractivity contribution is 5.96. The average molecular weight is 502 g/mol. The van der Waals surface area contributed by atoms with Crippen LogP contribution in [0.15, 0.2) is 42.5 Å². The summed E-state index contributed by atoms with van der Waals surface area (Å²) in [4.78, 5) is 15.6. The third kappa shape index (κ3) is 5.81. The normalized spacial score (nSPS) is 28.9. The molecule has 4 atom stereocenters. The summed E-state index contributed by atoms with van der Waals surface area (Å²) in [5.41, 5.74) is 5.83. The maximum absolute atomic E-state index is 12.8. The van der Waals surface area contributed by atoms with E-state index in [1.165, 1.54) is 56.3 Å². The van der Waals surface area contributed by atoms with Crippen molar-refractivity contribution in [3.8, 4) is 5.75 Å². The van der Waals surface area contributed by atoms with Gasteiger partial charge in [0, 0.05) is 37.2 Å². The highest BCUT2D eigenvalue weighted by atomic mass is 16.5. The van der Waals surface area contributed by atoms with E-state index >= 15 is 0 Å². The summed E-state index contributed by atoms with van der Waals surface area (Å²) in [5.74, 6) is 2.62. The first-order valence-corrected chi connectivity index (χ1v) is 14.8. The van der Waals surface area contributed by atoms with Gasteiger partial charge in [-0.2, -0.15) is 0 Å². The number of piperidine rings is 1. The fourth-order valence-corrected chi connectivity index (χ4v) is 7.41. The smallest absolute Gasteiger partial charge is 0.162 e. The number of aryl methyl sites for hydroxylation is 1. The average Bonchev–Trinajstić information content (AvgIpc) is 3.65. The monoisotopic (exact) mass is 501 g/mol. The van der Waals surface area contributed by atoms with Crippen LogP contribution in [0.1, 0.15) is 85.3 Å². The van der Waals surface area contributed by atoms with E-state index < -0.39 is 0 Å². The van der Waals surface area contributed by atoms with Gasteiger partial charge in [0.25, 0.3) is 0 Å². The van der Waals surface area contributed by atoms with Crippen molar-refractivity contribution in [3.63, 3.8) is 0 Å². The van der Waals surface area contributed by atoms with Gasteiger partial charge in [0.1, 0.15) is 12.4 Å². The number of Topliss-reactive ketones (excluding diaryl/α,β-unsaturated/α-hetero) is 1. The highest BCUT2D eigenvalue weighted by Gasteiger charge is 2.46. The maximum atomic E-state index is 12.8. The molecule has 3 fully saturated rings. The number of ketones is 1. The number of hydrogen-bond acceptors (Lipinski definition) is 4. The lowest BCUT2D eigenvalue weighted by atomic mass is 9.80. The Hall–Kier alpha value is -2.17. The molecule has 4 heteroatoms. The molecule has 2 bridgehead atoms. The Bertz CT molecular complexity index is 1090. The molecular formula is C33H43NO3. The minimum atomic E-state index is 0.210. The van der Waals surface area contributed by atoms with Crippen LogP contribution in [0.25, 0.3) is 0 Å². The third-order valence-corrected chi connectivity index (χ3v) is 9.75. The molecule has 37 heavy (non-hydrogen) atoms. The standard InChI is InChI=1S/C33H43NO3/c1-33-16-14-26(21-33)22-34(33)17-15-25-5-8-28-19-24(4-7-29(28)20-25)6-13-32(35)27-9-11-30(12-10-27)37-23-31-3-2-18-36-31/h5,8-12,20,24,26,31H,2-4,6-7,13-19,21-23H2,1H3/t24-,26-,31+,33+/m1/s1. The predicted octanol–water partition coefficient (Wildman–Crippen LogP) is 6.43. The highest BCUT2D eigenvalue weighted by Crippen LogP contribution is 2.46. The van der Waals surface area contributed by atoms with E-state index in [1.807, 2.05) is 24.3 Å². The Labute approximate surface area is 222 Å². The fourth-order valence-electron chi connectivity index (χ4n) is 7.41. The van der Waals surface area contributed by atoms with E-state index in [-0.39, 0.29) is 11.9 Å². The van der Waals surface area contributed by atoms with E-state index in [9.17, 15) is 4.79 Å². The first-order chi connectivity index (χ1) is 18.0. The SMILES string of the molecule is C[C@@]12CC[C@@H](CN1CCc1ccc3c(c1)CC[C@H](CCC(=O)c1ccc(OC[C@@H]4CCCO4)cc1)C3)C2. The number of rotatable bonds is 10. The molecule has 0 N–H and O–H groups in total. The Kier molecular flexibility index (Phi) is 7.40. The van der Waals surface area contributed by atoms with Crippen LogP contribution in [0, 0.1) is 11.8 Å². The van der Waals surface area contributed by atoms with Gasteiger partial charge in [-0.15, -0.1) is 0 Å². The fraction of sp³-hybridized carbons (Fsp3) is 0.606. The van der Waals surface area contributed by atoms with E-state index in [0.717, 1.165) is 55.9 Å². The minimum Gasteiger partial charge on any atom is -0.491 e. The lowest BCUT2D eigenvalue weighted by Crippen LogP contribution is -2.43. The van der Waals surface area contributed by atoms with Crippen LogP contribution < -0.4 is 4.74 Å². The molecule has 2 aromatic rings. The number of nitrogens with zero attached hydrogens (tertiary/aromatic N) is 1. The van der Waals surface area contributed by atoms with Crippen molar-refractivity contribution in [1.29, 1.82) is 0 Å². The number of fused-ring (bicyclic) bond motifs is 3. The number of ether oxygens (including phenoxy) is 2. The Morgan fingerprint density at radius 2 is 2.00 bits per heavy atom. The van der Waals surface area contributed by atoms with Crippen molar-refractivity contribution < 1.29 is 14.3 Å². The minimum absolute atomic E-state index is 0.210. The molecule has 2 saturated heterocycles. The molecule has 0 amide bonds. The van der Waals surface area contributed by atoms with Crippen LogP contribution in [0.5, 0.6) is 5.75 Å². The zero-order valence-corrected chi connectivity index (χ0v) is 22.6. The van der Waals surface area contributed by atoms with E-state index in [4.69, 9.17) is 9.47 Å². The van der Waals surface area contributed by atoms with Gasteiger partial charge in [0.05, 0.1) is 6.10 Å². The summed E-state index contributed by atoms with van der Waals surface area (Å²) in [6, 6.07) is 14.9. The third-order valence-electron chi connectivity index (χ3n) is 9.75. The molecule has 1 saturated carbocycles. The van der Waals surface area contributed by atoms with Crippen LogP contribution in [0.4, 0.5) is 0 Å². The van der Waals surface area contributed by atoms with Crippen molar-refractivity contribution in [2.24, 2.45) is 11.8 Å². The van der Waals surface area contributed by atoms with Crippen molar-refractivity contribution in [1.82, 2.24) is 4.90 Å². The molecule has 6 rings (SSSR count). The Balaban J connectivity index is 0.953. The van der Waals surface area contributed by atoms with Crippen molar-refractivity contribution in [2.75, 3.05) is 26.3 Å². The van der Waals surface area contributed by atoms with Crippen LogP contribution in [-0.2, 0) is 24.0 Å². The van der Waals surface area contributed by atoms with E-state index in [0.29, 0.717) is 24.5 Å². The maximum Gasteiger partial charge on any atom is 0.162 e. The van der Waals surface area contributed by atoms with Gasteiger partial charge in [-0.3, -0.25) is 9.69 Å². The summed E-state index contributed by atoms with van der Waals surface area (Å²) in [6.45, 7) is 6.44. The molecule has 0 aromatic heterocycles. The van der Waals surface area contributed by atoms with Gasteiger partial charge in [-0.25, -0.2) is 0 Å². The topological polar surface area (TPSA) is 38.8 Å². The van der Waals surface area contributed by atoms with Crippen LogP contribution in [0.3, 0.4) is 0 Å². The van der Waals surface area contributed by atoms with Crippen molar-refractivity contribution in [2.45, 2.75) is 89.2 Å². The summed E-state index contributed by atoms with van der Waals surface area (Å²) in [5, 5.41) is 0. The predicted molar refractivity (Wildman–Crippen MR) is 147 cm³/mol. The molecule has 4 nitrogen and oxygen atoms in total. The van der Waals surface area contributed by atoms with Crippen LogP contribution in [-0.4, -0.2) is 48.6 Å². The molecule has 2 heterocycles. The molecule has 198 valence electrons. The quantitative estimate of drug-likeness (QED) is 0.352. The van der Waals surface area contributed by atoms with Crippen molar-refractivity contribution >= 4 is 5.78 Å². The van der Waals surface area contributed by atoms with Gasteiger partial charge in [0.2, 0.25) is 0 Å². The number of likely N-dealkylation sites (tertiary alicyclic amines) is 1. The molecule has 4 aliphatic rings. The van der Waals surface area contributed by atoms with Gasteiger partial charge in [0.15, 0.2) is 5.78 Å². The largest absolute Gasteiger partial charge is 0.491 e. The van der Waals surface area contributed by atoms with Gasteiger partial charge < -0.3 is 9.47 Å². The van der Waals surface area contributed by atoms with E-state index in [1.54, 1.807) is 5.56 Å². The summed E-state index contributed by atoms with van der Waals surface area (Å²) < 4.78 is 11.5. The lowest BCUT2D eigenvalue weighted by molar-refractivity contribution is 0.0679. The molecule has 0 radical (unpaired) electrons. The molecule has 0 unspecified atom stereocenters. The summed E-state index contributed by atoms with van der Waals surface area (Å²) >= 11 is 0. The van der Waals surface area contributed by atoms with Crippen molar-refractivity contribution in [3.05, 3.63) is 64.7 Å². The second-order valence-corrected chi connectivity index (χ2v) is 12.4. The number of carbonyl (C=O) groups excluding carboxylic acids is 1. The Morgan fingerprint density at radius 3 is 2.76 bits per heavy atom. The van der Waals surface area contributed by atoms with Gasteiger partial charge >= 0.3 is 0 Å². The number of hydrogen-bond donors (Lipinski definition) is 0. The van der Waals surface area contributed by atoms with Gasteiger partial charge in [-0.1, -0.05) is 18.2 Å². The van der Waals surface area contributed by atoms with Crippen LogP contribution in [0.2, 0.25) is 0 Å². The molecule has 2 aliphatic carbocycles. The second-order valence-electron chi connectivity index (χ2n) is 12.4. The molecule has 2 aromatic carbocycles. The summed E-state index contributed by atoms with van der Waals surface area (Å²) in [7, 11) is 0. The molecular weight excluding hydrogens is 458 g/mol. The molecule has 0 spiro atoms. The Morgan fingerprint density at radius 1 is 1.11 bits per heavy atom. The van der Waals surface area contributed by atoms with Crippen LogP contribution >= 0.6 is 0 Å². The zero-order valence-electron chi connectivity index (χ0n) is 22.6.